The van der Waals surface area contributed by atoms with Crippen LogP contribution in [-0.2, 0) is 14.3 Å². The monoisotopic (exact) mass is 424 g/mol. The van der Waals surface area contributed by atoms with Gasteiger partial charge < -0.3 is 19.5 Å². The van der Waals surface area contributed by atoms with Crippen molar-refractivity contribution < 1.29 is 28.6 Å². The molecule has 160 valence electrons. The summed E-state index contributed by atoms with van der Waals surface area (Å²) >= 11 is 0. The van der Waals surface area contributed by atoms with Crippen molar-refractivity contribution in [2.45, 2.75) is 19.1 Å². The van der Waals surface area contributed by atoms with Gasteiger partial charge >= 0.3 is 12.2 Å². The number of fused-ring (bicyclic) bond motifs is 3. The van der Waals surface area contributed by atoms with Crippen LogP contribution in [0.2, 0.25) is 0 Å². The van der Waals surface area contributed by atoms with Gasteiger partial charge in [0.1, 0.15) is 31.1 Å². The Morgan fingerprint density at radius 2 is 2.03 bits per heavy atom. The first-order chi connectivity index (χ1) is 15.0. The highest BCUT2D eigenvalue weighted by Crippen LogP contribution is 2.41. The molecule has 3 aliphatic heterocycles. The molecule has 2 atom stereocenters. The van der Waals surface area contributed by atoms with Gasteiger partial charge in [0.2, 0.25) is 5.91 Å². The molecule has 2 fully saturated rings. The minimum atomic E-state index is -0.481. The van der Waals surface area contributed by atoms with E-state index in [0.29, 0.717) is 30.3 Å². The molecule has 0 aliphatic carbocycles. The first-order valence-corrected chi connectivity index (χ1v) is 9.92. The van der Waals surface area contributed by atoms with Crippen LogP contribution in [0.15, 0.2) is 36.7 Å². The number of carbonyl (C=O) groups is 3. The summed E-state index contributed by atoms with van der Waals surface area (Å²) in [4.78, 5) is 42.9. The van der Waals surface area contributed by atoms with Crippen LogP contribution in [0.3, 0.4) is 0 Å². The lowest BCUT2D eigenvalue weighted by molar-refractivity contribution is -0.119. The van der Waals surface area contributed by atoms with E-state index in [9.17, 15) is 14.4 Å². The fraction of sp³-hybridized carbons (Fsp3) is 0.333. The number of aromatic nitrogens is 1. The third kappa shape index (κ3) is 3.39. The molecule has 0 bridgehead atoms. The second kappa shape index (κ2) is 7.46. The van der Waals surface area contributed by atoms with Gasteiger partial charge in [-0.3, -0.25) is 19.6 Å². The quantitative estimate of drug-likeness (QED) is 0.798. The van der Waals surface area contributed by atoms with Crippen molar-refractivity contribution in [2.75, 3.05) is 36.1 Å². The molecule has 0 spiro atoms. The number of hydrogen-bond acceptors (Lipinski definition) is 7. The molecule has 0 unspecified atom stereocenters. The number of ether oxygens (including phenoxy) is 3. The maximum atomic E-state index is 12.5. The fourth-order valence-electron chi connectivity index (χ4n) is 3.99. The number of nitrogens with one attached hydrogen (secondary N) is 1. The maximum Gasteiger partial charge on any atom is 0.415 e. The van der Waals surface area contributed by atoms with E-state index in [-0.39, 0.29) is 31.2 Å². The van der Waals surface area contributed by atoms with Gasteiger partial charge in [0.05, 0.1) is 30.7 Å². The minimum absolute atomic E-state index is 0.186. The Morgan fingerprint density at radius 3 is 2.81 bits per heavy atom. The summed E-state index contributed by atoms with van der Waals surface area (Å²) in [6, 6.07) is 7.05. The van der Waals surface area contributed by atoms with Crippen molar-refractivity contribution in [1.82, 2.24) is 10.3 Å². The molecule has 5 rings (SSSR count). The van der Waals surface area contributed by atoms with Gasteiger partial charge in [-0.15, -0.1) is 0 Å². The lowest BCUT2D eigenvalue weighted by Crippen LogP contribution is -2.47. The van der Waals surface area contributed by atoms with Crippen LogP contribution in [0.4, 0.5) is 21.0 Å². The van der Waals surface area contributed by atoms with Gasteiger partial charge in [0.25, 0.3) is 0 Å². The Labute approximate surface area is 177 Å². The zero-order chi connectivity index (χ0) is 21.5. The normalized spacial score (nSPS) is 21.7. The van der Waals surface area contributed by atoms with E-state index < -0.39 is 12.2 Å². The van der Waals surface area contributed by atoms with E-state index in [1.807, 2.05) is 18.2 Å². The summed E-state index contributed by atoms with van der Waals surface area (Å²) in [6.45, 7) is 2.74. The van der Waals surface area contributed by atoms with Gasteiger partial charge in [-0.1, -0.05) is 6.07 Å². The molecule has 1 N–H and O–H groups in total. The van der Waals surface area contributed by atoms with E-state index in [1.54, 1.807) is 23.4 Å². The molecule has 4 heterocycles. The Balaban J connectivity index is 1.41. The van der Waals surface area contributed by atoms with Crippen molar-refractivity contribution in [2.24, 2.45) is 0 Å². The van der Waals surface area contributed by atoms with Crippen LogP contribution in [0.5, 0.6) is 5.75 Å². The topological polar surface area (TPSA) is 110 Å². The minimum Gasteiger partial charge on any atom is -0.489 e. The summed E-state index contributed by atoms with van der Waals surface area (Å²) in [5, 5.41) is 2.68. The van der Waals surface area contributed by atoms with Gasteiger partial charge in [-0.05, 0) is 23.8 Å². The number of hydrogen-bond donors (Lipinski definition) is 1. The fourth-order valence-corrected chi connectivity index (χ4v) is 3.99. The molecule has 2 saturated heterocycles. The molecule has 0 saturated carbocycles. The van der Waals surface area contributed by atoms with E-state index >= 15 is 0 Å². The maximum absolute atomic E-state index is 12.5. The smallest absolute Gasteiger partial charge is 0.415 e. The third-order valence-corrected chi connectivity index (χ3v) is 5.52. The highest BCUT2D eigenvalue weighted by Gasteiger charge is 2.46. The molecule has 10 heteroatoms. The summed E-state index contributed by atoms with van der Waals surface area (Å²) in [5.41, 5.74) is 2.91. The predicted octanol–water partition coefficient (Wildman–Crippen LogP) is 1.93. The standard InChI is InChI=1S/C21H20N4O6/c1-12(26)23-10-19-17-11-30-18-7-13(2-3-16(18)25(17)21(28)31-19)14-6-15(9-22-8-14)24-4-5-29-20(24)27/h2-3,6-9,17,19H,4-5,10-11H2,1H3,(H,23,26)/t17-,19-/m0/s1. The van der Waals surface area contributed by atoms with Gasteiger partial charge in [-0.25, -0.2) is 9.59 Å². The van der Waals surface area contributed by atoms with Crippen molar-refractivity contribution >= 4 is 29.5 Å². The lowest BCUT2D eigenvalue weighted by Gasteiger charge is -2.31. The largest absolute Gasteiger partial charge is 0.489 e. The zero-order valence-electron chi connectivity index (χ0n) is 16.7. The lowest BCUT2D eigenvalue weighted by atomic mass is 10.0. The zero-order valence-corrected chi connectivity index (χ0v) is 16.7. The van der Waals surface area contributed by atoms with E-state index in [2.05, 4.69) is 10.3 Å². The Hall–Kier alpha value is -3.82. The molecule has 1 aromatic carbocycles. The summed E-state index contributed by atoms with van der Waals surface area (Å²) in [5.74, 6) is 0.367. The average Bonchev–Trinajstić information content (AvgIpc) is 3.35. The number of pyridine rings is 1. The SMILES string of the molecule is CC(=O)NC[C@@H]1OC(=O)N2c3ccc(-c4cncc(N5CCOC5=O)c4)cc3OC[C@@H]12. The molecular formula is C21H20N4O6. The number of benzene rings is 1. The number of rotatable bonds is 4. The van der Waals surface area contributed by atoms with Crippen LogP contribution in [0.25, 0.3) is 11.1 Å². The van der Waals surface area contributed by atoms with Crippen LogP contribution < -0.4 is 19.9 Å². The van der Waals surface area contributed by atoms with Crippen molar-refractivity contribution in [3.8, 4) is 16.9 Å². The molecule has 1 aromatic heterocycles. The first-order valence-electron chi connectivity index (χ1n) is 9.92. The van der Waals surface area contributed by atoms with E-state index in [1.165, 1.54) is 11.8 Å². The molecule has 2 aromatic rings. The highest BCUT2D eigenvalue weighted by atomic mass is 16.6. The molecule has 3 amide bonds. The summed E-state index contributed by atoms with van der Waals surface area (Å²) in [7, 11) is 0. The Bertz CT molecular complexity index is 1070. The third-order valence-electron chi connectivity index (χ3n) is 5.52. The number of nitrogens with zero attached hydrogens (tertiary/aromatic N) is 3. The molecule has 31 heavy (non-hydrogen) atoms. The van der Waals surface area contributed by atoms with Crippen LogP contribution in [0.1, 0.15) is 6.92 Å². The van der Waals surface area contributed by atoms with Crippen LogP contribution in [0, 0.1) is 0 Å². The summed E-state index contributed by atoms with van der Waals surface area (Å²) in [6.07, 6.45) is 1.98. The second-order valence-corrected chi connectivity index (χ2v) is 7.49. The van der Waals surface area contributed by atoms with Crippen molar-refractivity contribution in [3.63, 3.8) is 0 Å². The number of cyclic esters (lactones) is 2. The average molecular weight is 424 g/mol. The van der Waals surface area contributed by atoms with Crippen molar-refractivity contribution in [3.05, 3.63) is 36.7 Å². The predicted molar refractivity (Wildman–Crippen MR) is 109 cm³/mol. The number of carbonyl (C=O) groups excluding carboxylic acids is 3. The second-order valence-electron chi connectivity index (χ2n) is 7.49. The molecule has 0 radical (unpaired) electrons. The van der Waals surface area contributed by atoms with Crippen LogP contribution >= 0.6 is 0 Å². The molecule has 3 aliphatic rings. The van der Waals surface area contributed by atoms with Crippen molar-refractivity contribution in [1.29, 1.82) is 0 Å². The molecular weight excluding hydrogens is 404 g/mol. The highest BCUT2D eigenvalue weighted by molar-refractivity contribution is 5.94. The Morgan fingerprint density at radius 1 is 1.16 bits per heavy atom. The van der Waals surface area contributed by atoms with Gasteiger partial charge in [-0.2, -0.15) is 0 Å². The number of amides is 3. The van der Waals surface area contributed by atoms with Gasteiger partial charge in [0.15, 0.2) is 0 Å². The van der Waals surface area contributed by atoms with E-state index in [4.69, 9.17) is 14.2 Å². The summed E-state index contributed by atoms with van der Waals surface area (Å²) < 4.78 is 16.4. The first kappa shape index (κ1) is 19.2. The molecule has 10 nitrogen and oxygen atoms in total. The van der Waals surface area contributed by atoms with Crippen LogP contribution in [-0.4, -0.2) is 61.5 Å². The Kier molecular flexibility index (Phi) is 4.61. The van der Waals surface area contributed by atoms with Gasteiger partial charge in [0, 0.05) is 18.7 Å². The van der Waals surface area contributed by atoms with E-state index in [0.717, 1.165) is 11.1 Å². The number of anilines is 2.